The van der Waals surface area contributed by atoms with Crippen LogP contribution in [0.3, 0.4) is 0 Å². The summed E-state index contributed by atoms with van der Waals surface area (Å²) in [7, 11) is 0. The van der Waals surface area contributed by atoms with Gasteiger partial charge >= 0.3 is 0 Å². The molecule has 5 heterocycles. The number of aromatic hydroxyl groups is 1. The highest BCUT2D eigenvalue weighted by atomic mass is 16.7. The molecule has 1 saturated carbocycles. The number of rotatable bonds is 10. The molecule has 5 aliphatic heterocycles. The maximum atomic E-state index is 15.1. The second-order valence-corrected chi connectivity index (χ2v) is 19.2. The van der Waals surface area contributed by atoms with Gasteiger partial charge < -0.3 is 33.7 Å². The van der Waals surface area contributed by atoms with Crippen LogP contribution in [0.15, 0.2) is 70.9 Å². The zero-order valence-corrected chi connectivity index (χ0v) is 36.7. The Labute approximate surface area is 358 Å². The van der Waals surface area contributed by atoms with Crippen molar-refractivity contribution in [1.82, 2.24) is 9.80 Å². The average molecular weight is 831 g/mol. The lowest BCUT2D eigenvalue weighted by Gasteiger charge is -2.56. The topological polar surface area (TPSA) is 124 Å². The van der Waals surface area contributed by atoms with Crippen LogP contribution in [-0.4, -0.2) is 87.8 Å². The van der Waals surface area contributed by atoms with E-state index in [1.165, 1.54) is 5.57 Å². The number of phenols is 1. The van der Waals surface area contributed by atoms with Gasteiger partial charge in [0.1, 0.15) is 28.4 Å². The van der Waals surface area contributed by atoms with E-state index in [-0.39, 0.29) is 53.7 Å². The molecule has 3 aliphatic carbocycles. The number of Topliss-reactive ketones (excluding diaryl/α,β-unsaturated/α-hetero) is 2. The summed E-state index contributed by atoms with van der Waals surface area (Å²) in [4.78, 5) is 48.3. The van der Waals surface area contributed by atoms with Crippen molar-refractivity contribution >= 4 is 23.5 Å². The molecule has 11 nitrogen and oxygen atoms in total. The molecule has 2 aromatic carbocycles. The van der Waals surface area contributed by atoms with E-state index in [1.807, 2.05) is 75.9 Å². The minimum atomic E-state index is -1.59. The van der Waals surface area contributed by atoms with Gasteiger partial charge in [-0.05, 0) is 111 Å². The van der Waals surface area contributed by atoms with Crippen LogP contribution in [-0.2, 0) is 27.3 Å². The quantitative estimate of drug-likeness (QED) is 0.185. The van der Waals surface area contributed by atoms with E-state index in [4.69, 9.17) is 23.7 Å². The van der Waals surface area contributed by atoms with Crippen molar-refractivity contribution in [3.63, 3.8) is 0 Å². The SMILES string of the molecule is CC(C)=CCCC1(C)C=Cc2c(O)c3c(c(CC=C(C)C)c2O1)OC12C(=CC4CC1C(C)(C)OC2(C/C=C(/C)C(=O)N1CCN(Cc2ccc5c(c2)OCO5)CC1)C4=O)C3=O. The first-order valence-electron chi connectivity index (χ1n) is 21.8. The maximum Gasteiger partial charge on any atom is 0.249 e. The van der Waals surface area contributed by atoms with Gasteiger partial charge in [-0.3, -0.25) is 19.3 Å². The van der Waals surface area contributed by atoms with E-state index in [2.05, 4.69) is 30.9 Å². The third-order valence-corrected chi connectivity index (χ3v) is 14.0. The predicted molar refractivity (Wildman–Crippen MR) is 231 cm³/mol. The van der Waals surface area contributed by atoms with E-state index >= 15 is 4.79 Å². The number of phenolic OH excluding ortho intramolecular Hbond substituents is 1. The fraction of sp³-hybridized carbons (Fsp3) is 0.500. The van der Waals surface area contributed by atoms with Crippen LogP contribution in [0.25, 0.3) is 6.08 Å². The van der Waals surface area contributed by atoms with Crippen LogP contribution < -0.4 is 18.9 Å². The van der Waals surface area contributed by atoms with Gasteiger partial charge in [-0.15, -0.1) is 0 Å². The molecule has 10 rings (SSSR count). The number of ketones is 2. The lowest BCUT2D eigenvalue weighted by Crippen LogP contribution is -2.72. The van der Waals surface area contributed by atoms with Crippen LogP contribution in [0.2, 0.25) is 0 Å². The van der Waals surface area contributed by atoms with E-state index in [0.29, 0.717) is 73.5 Å². The molecule has 5 unspecified atom stereocenters. The summed E-state index contributed by atoms with van der Waals surface area (Å²) in [6, 6.07) is 6.00. The zero-order chi connectivity index (χ0) is 43.2. The van der Waals surface area contributed by atoms with Gasteiger partial charge in [0.2, 0.25) is 12.7 Å². The van der Waals surface area contributed by atoms with Gasteiger partial charge in [0, 0.05) is 67.7 Å². The van der Waals surface area contributed by atoms with Crippen LogP contribution in [0, 0.1) is 11.8 Å². The number of fused-ring (bicyclic) bond motifs is 3. The van der Waals surface area contributed by atoms with Crippen molar-refractivity contribution in [2.24, 2.45) is 11.8 Å². The molecular formula is C50H58N2O9. The fourth-order valence-corrected chi connectivity index (χ4v) is 10.8. The minimum absolute atomic E-state index is 0.0474. The first-order valence-corrected chi connectivity index (χ1v) is 21.8. The molecular weight excluding hydrogens is 773 g/mol. The lowest BCUT2D eigenvalue weighted by molar-refractivity contribution is -0.171. The van der Waals surface area contributed by atoms with Crippen molar-refractivity contribution in [3.05, 3.63) is 93.1 Å². The molecule has 5 atom stereocenters. The number of amides is 1. The van der Waals surface area contributed by atoms with Gasteiger partial charge in [0.25, 0.3) is 0 Å². The summed E-state index contributed by atoms with van der Waals surface area (Å²) in [5.74, 6) is 0.469. The number of hydrogen-bond donors (Lipinski definition) is 1. The fourth-order valence-electron chi connectivity index (χ4n) is 10.8. The molecule has 0 aromatic heterocycles. The Morgan fingerprint density at radius 1 is 0.918 bits per heavy atom. The van der Waals surface area contributed by atoms with Gasteiger partial charge in [-0.1, -0.05) is 41.5 Å². The summed E-state index contributed by atoms with van der Waals surface area (Å²) in [6.07, 6.45) is 14.0. The van der Waals surface area contributed by atoms with Gasteiger partial charge in [-0.25, -0.2) is 0 Å². The zero-order valence-electron chi connectivity index (χ0n) is 36.7. The number of piperazine rings is 1. The van der Waals surface area contributed by atoms with Crippen LogP contribution >= 0.6 is 0 Å². The Bertz CT molecular complexity index is 2390. The number of carbonyl (C=O) groups is 3. The average Bonchev–Trinajstić information content (AvgIpc) is 3.74. The monoisotopic (exact) mass is 830 g/mol. The Morgan fingerprint density at radius 3 is 2.39 bits per heavy atom. The molecule has 3 fully saturated rings. The lowest BCUT2D eigenvalue weighted by atomic mass is 9.51. The standard InChI is InChI=1S/C50H58N2O9/c1-29(2)10-9-17-48(8)18-16-34-41(53)40-42(54)36-25-33-26-39-47(6,7)61-49(45(33)55,50(36,39)60-44(40)35(43(34)59-48)13-11-30(3)4)19-15-31(5)46(56)52-22-20-51(21-23-52)27-32-12-14-37-38(24-32)58-28-57-37/h10-12,14-16,18,24-25,33,39,53H,9,13,17,19-23,26-28H2,1-8H3/b31-15-. The summed E-state index contributed by atoms with van der Waals surface area (Å²) in [6.45, 7) is 19.4. The summed E-state index contributed by atoms with van der Waals surface area (Å²) >= 11 is 0. The van der Waals surface area contributed by atoms with Gasteiger partial charge in [-0.2, -0.15) is 0 Å². The molecule has 1 N–H and O–H groups in total. The Morgan fingerprint density at radius 2 is 1.66 bits per heavy atom. The van der Waals surface area contributed by atoms with Gasteiger partial charge in [0.15, 0.2) is 34.3 Å². The number of hydrogen-bond acceptors (Lipinski definition) is 10. The number of carbonyl (C=O) groups excluding carboxylic acids is 3. The minimum Gasteiger partial charge on any atom is -0.506 e. The largest absolute Gasteiger partial charge is 0.506 e. The van der Waals surface area contributed by atoms with Crippen LogP contribution in [0.4, 0.5) is 0 Å². The van der Waals surface area contributed by atoms with Crippen LogP contribution in [0.5, 0.6) is 28.7 Å². The summed E-state index contributed by atoms with van der Waals surface area (Å²) < 4.78 is 32.3. The van der Waals surface area contributed by atoms with Crippen molar-refractivity contribution in [3.8, 4) is 28.7 Å². The summed E-state index contributed by atoms with van der Waals surface area (Å²) in [5, 5.41) is 12.0. The van der Waals surface area contributed by atoms with Crippen molar-refractivity contribution < 1.29 is 43.2 Å². The first kappa shape index (κ1) is 41.2. The predicted octanol–water partition coefficient (Wildman–Crippen LogP) is 8.23. The molecule has 0 radical (unpaired) electrons. The van der Waals surface area contributed by atoms with E-state index in [9.17, 15) is 14.7 Å². The molecule has 61 heavy (non-hydrogen) atoms. The van der Waals surface area contributed by atoms with E-state index in [0.717, 1.165) is 35.6 Å². The second-order valence-electron chi connectivity index (χ2n) is 19.2. The number of allylic oxidation sites excluding steroid dienone is 5. The molecule has 1 spiro atoms. The van der Waals surface area contributed by atoms with E-state index < -0.39 is 28.3 Å². The highest BCUT2D eigenvalue weighted by molar-refractivity contribution is 6.19. The molecule has 1 amide bonds. The highest BCUT2D eigenvalue weighted by Gasteiger charge is 2.81. The molecule has 2 saturated heterocycles. The normalized spacial score (nSPS) is 29.0. The smallest absolute Gasteiger partial charge is 0.249 e. The summed E-state index contributed by atoms with van der Waals surface area (Å²) in [5.41, 5.74) is 0.819. The third kappa shape index (κ3) is 6.56. The van der Waals surface area contributed by atoms with Gasteiger partial charge in [0.05, 0.1) is 11.2 Å². The molecule has 322 valence electrons. The second kappa shape index (κ2) is 14.8. The third-order valence-electron chi connectivity index (χ3n) is 14.0. The van der Waals surface area contributed by atoms with Crippen molar-refractivity contribution in [1.29, 1.82) is 0 Å². The molecule has 8 aliphatic rings. The number of ether oxygens (including phenoxy) is 5. The Balaban J connectivity index is 1.04. The molecule has 2 aromatic rings. The number of benzene rings is 2. The Hall–Kier alpha value is -5.13. The van der Waals surface area contributed by atoms with Crippen molar-refractivity contribution in [2.45, 2.75) is 116 Å². The number of nitrogens with zero attached hydrogens (tertiary/aromatic N) is 2. The van der Waals surface area contributed by atoms with E-state index in [1.54, 1.807) is 13.0 Å². The Kier molecular flexibility index (Phi) is 9.98. The molecule has 11 heteroatoms. The van der Waals surface area contributed by atoms with Crippen LogP contribution in [0.1, 0.15) is 108 Å². The first-order chi connectivity index (χ1) is 29.0. The highest BCUT2D eigenvalue weighted by Crippen LogP contribution is 2.68. The maximum absolute atomic E-state index is 15.1. The molecule has 4 bridgehead atoms. The van der Waals surface area contributed by atoms with Crippen molar-refractivity contribution in [2.75, 3.05) is 33.0 Å².